The first-order valence-electron chi connectivity index (χ1n) is 12.1. The minimum absolute atomic E-state index is 0.0555. The molecule has 0 bridgehead atoms. The molecule has 0 saturated carbocycles. The molecule has 2 saturated heterocycles. The van der Waals surface area contributed by atoms with Crippen molar-refractivity contribution in [2.75, 3.05) is 26.8 Å². The number of rotatable bonds is 2. The van der Waals surface area contributed by atoms with E-state index < -0.39 is 53.7 Å². The average molecular weight is 499 g/mol. The van der Waals surface area contributed by atoms with E-state index in [1.165, 1.54) is 12.0 Å². The Hall–Kier alpha value is -3.05. The molecule has 198 valence electrons. The molecule has 0 aromatic rings. The monoisotopic (exact) mass is 498 g/mol. The van der Waals surface area contributed by atoms with Crippen LogP contribution in [0.5, 0.6) is 0 Å². The van der Waals surface area contributed by atoms with Crippen LogP contribution in [0.15, 0.2) is 0 Å². The fourth-order valence-electron chi connectivity index (χ4n) is 4.04. The van der Waals surface area contributed by atoms with E-state index in [1.807, 2.05) is 0 Å². The zero-order chi connectivity index (χ0) is 26.0. The van der Waals surface area contributed by atoms with Crippen LogP contribution in [-0.2, 0) is 28.6 Å². The van der Waals surface area contributed by atoms with E-state index >= 15 is 0 Å². The van der Waals surface area contributed by atoms with Crippen LogP contribution in [0.1, 0.15) is 65.7 Å². The van der Waals surface area contributed by atoms with Crippen LogP contribution in [0.2, 0.25) is 0 Å². The van der Waals surface area contributed by atoms with E-state index in [9.17, 15) is 24.0 Å². The molecule has 2 aliphatic rings. The van der Waals surface area contributed by atoms with Gasteiger partial charge in [-0.15, -0.1) is 0 Å². The van der Waals surface area contributed by atoms with Crippen LogP contribution < -0.4 is 16.0 Å². The Morgan fingerprint density at radius 1 is 1.06 bits per heavy atom. The molecule has 0 aliphatic carbocycles. The molecule has 0 spiro atoms. The summed E-state index contributed by atoms with van der Waals surface area (Å²) >= 11 is 0. The summed E-state index contributed by atoms with van der Waals surface area (Å²) < 4.78 is 15.3. The summed E-state index contributed by atoms with van der Waals surface area (Å²) in [6.07, 6.45) is 1.64. The maximum atomic E-state index is 13.4. The molecule has 2 aliphatic heterocycles. The molecule has 0 unspecified atom stereocenters. The highest BCUT2D eigenvalue weighted by Crippen LogP contribution is 2.21. The van der Waals surface area contributed by atoms with E-state index in [0.29, 0.717) is 51.6 Å². The number of amides is 4. The summed E-state index contributed by atoms with van der Waals surface area (Å²) in [6.45, 7) is 5.87. The molecular formula is C23H38N4O8. The van der Waals surface area contributed by atoms with Crippen molar-refractivity contribution in [3.63, 3.8) is 0 Å². The Bertz CT molecular complexity index is 782. The number of alkyl carbamates (subject to hydrolysis) is 2. The Morgan fingerprint density at radius 3 is 2.49 bits per heavy atom. The Morgan fingerprint density at radius 2 is 1.80 bits per heavy atom. The number of carbonyl (C=O) groups is 5. The summed E-state index contributed by atoms with van der Waals surface area (Å²) in [5.74, 6) is -1.45. The number of nitrogens with one attached hydrogen (secondary N) is 3. The van der Waals surface area contributed by atoms with Gasteiger partial charge in [0.05, 0.1) is 13.7 Å². The molecule has 2 fully saturated rings. The fraction of sp³-hybridized carbons (Fsp3) is 0.783. The maximum absolute atomic E-state index is 13.4. The van der Waals surface area contributed by atoms with Gasteiger partial charge in [0.2, 0.25) is 11.8 Å². The molecule has 4 amide bonds. The summed E-state index contributed by atoms with van der Waals surface area (Å²) in [7, 11) is 1.24. The smallest absolute Gasteiger partial charge is 0.408 e. The third-order valence-electron chi connectivity index (χ3n) is 5.69. The van der Waals surface area contributed by atoms with Crippen LogP contribution >= 0.6 is 0 Å². The van der Waals surface area contributed by atoms with Crippen molar-refractivity contribution in [2.45, 2.75) is 89.4 Å². The molecule has 2 heterocycles. The van der Waals surface area contributed by atoms with Gasteiger partial charge in [0, 0.05) is 13.1 Å². The first kappa shape index (κ1) is 28.2. The normalized spacial score (nSPS) is 25.3. The Kier molecular flexibility index (Phi) is 10.6. The second-order valence-corrected chi connectivity index (χ2v) is 9.67. The molecule has 0 aromatic carbocycles. The van der Waals surface area contributed by atoms with E-state index in [4.69, 9.17) is 14.2 Å². The lowest BCUT2D eigenvalue weighted by Gasteiger charge is -2.30. The molecular weight excluding hydrogens is 460 g/mol. The zero-order valence-corrected chi connectivity index (χ0v) is 21.0. The standard InChI is InChI=1S/C23H38N4O8/c1-23(2,3)35-22(32)26-15-10-8-14-34-21(31)24-12-6-5-9-16(20(30)33-4)25-18(28)17-11-7-13-27(17)19(15)29/h15-17H,5-14H2,1-4H3,(H,24,31)(H,25,28)(H,26,32)/t15-,16-,17-/m0/s1. The predicted molar refractivity (Wildman–Crippen MR) is 124 cm³/mol. The number of ether oxygens (including phenoxy) is 3. The first-order valence-corrected chi connectivity index (χ1v) is 12.1. The SMILES string of the molecule is COC(=O)[C@@H]1CCCCNC(=O)OCCC[C@H](NC(=O)OC(C)(C)C)C(=O)N2CCC[C@H]2C(=O)N1. The van der Waals surface area contributed by atoms with Gasteiger partial charge in [-0.2, -0.15) is 0 Å². The predicted octanol–water partition coefficient (Wildman–Crippen LogP) is 1.22. The van der Waals surface area contributed by atoms with Crippen LogP contribution in [0, 0.1) is 0 Å². The quantitative estimate of drug-likeness (QED) is 0.380. The molecule has 12 nitrogen and oxygen atoms in total. The van der Waals surface area contributed by atoms with E-state index in [0.717, 1.165) is 0 Å². The van der Waals surface area contributed by atoms with Crippen molar-refractivity contribution in [3.8, 4) is 0 Å². The van der Waals surface area contributed by atoms with Gasteiger partial charge in [-0.25, -0.2) is 14.4 Å². The van der Waals surface area contributed by atoms with Crippen LogP contribution in [0.3, 0.4) is 0 Å². The van der Waals surface area contributed by atoms with Crippen LogP contribution in [0.4, 0.5) is 9.59 Å². The fourth-order valence-corrected chi connectivity index (χ4v) is 4.04. The van der Waals surface area contributed by atoms with Crippen LogP contribution in [-0.4, -0.2) is 85.4 Å². The van der Waals surface area contributed by atoms with E-state index in [1.54, 1.807) is 20.8 Å². The van der Waals surface area contributed by atoms with Gasteiger partial charge in [-0.3, -0.25) is 9.59 Å². The Balaban J connectivity index is 2.22. The van der Waals surface area contributed by atoms with Crippen molar-refractivity contribution in [2.24, 2.45) is 0 Å². The lowest BCUT2D eigenvalue weighted by Crippen LogP contribution is -2.55. The number of hydrogen-bond donors (Lipinski definition) is 3. The van der Waals surface area contributed by atoms with Gasteiger partial charge in [0.25, 0.3) is 0 Å². The van der Waals surface area contributed by atoms with E-state index in [-0.39, 0.29) is 13.0 Å². The topological polar surface area (TPSA) is 152 Å². The molecule has 3 atom stereocenters. The molecule has 35 heavy (non-hydrogen) atoms. The van der Waals surface area contributed by atoms with Gasteiger partial charge < -0.3 is 35.1 Å². The van der Waals surface area contributed by atoms with Gasteiger partial charge >= 0.3 is 18.2 Å². The van der Waals surface area contributed by atoms with Crippen molar-refractivity contribution >= 4 is 30.0 Å². The lowest BCUT2D eigenvalue weighted by molar-refractivity contribution is -0.146. The lowest BCUT2D eigenvalue weighted by atomic mass is 10.1. The van der Waals surface area contributed by atoms with Crippen LogP contribution in [0.25, 0.3) is 0 Å². The largest absolute Gasteiger partial charge is 0.467 e. The van der Waals surface area contributed by atoms with Gasteiger partial charge in [0.15, 0.2) is 0 Å². The van der Waals surface area contributed by atoms with Crippen molar-refractivity contribution < 1.29 is 38.2 Å². The number of hydrogen-bond acceptors (Lipinski definition) is 8. The number of fused-ring (bicyclic) bond motifs is 1. The van der Waals surface area contributed by atoms with Gasteiger partial charge in [-0.1, -0.05) is 0 Å². The van der Waals surface area contributed by atoms with Gasteiger partial charge in [-0.05, 0) is 65.7 Å². The molecule has 12 heteroatoms. The maximum Gasteiger partial charge on any atom is 0.408 e. The highest BCUT2D eigenvalue weighted by atomic mass is 16.6. The zero-order valence-electron chi connectivity index (χ0n) is 21.0. The van der Waals surface area contributed by atoms with Crippen molar-refractivity contribution in [1.82, 2.24) is 20.9 Å². The highest BCUT2D eigenvalue weighted by molar-refractivity contribution is 5.93. The molecule has 3 N–H and O–H groups in total. The highest BCUT2D eigenvalue weighted by Gasteiger charge is 2.39. The minimum atomic E-state index is -0.975. The van der Waals surface area contributed by atoms with Crippen molar-refractivity contribution in [3.05, 3.63) is 0 Å². The Labute approximate surface area is 205 Å². The number of methoxy groups -OCH3 is 1. The minimum Gasteiger partial charge on any atom is -0.467 e. The van der Waals surface area contributed by atoms with E-state index in [2.05, 4.69) is 16.0 Å². The number of carbonyl (C=O) groups excluding carboxylic acids is 5. The molecule has 0 radical (unpaired) electrons. The number of nitrogens with zero attached hydrogens (tertiary/aromatic N) is 1. The number of cyclic esters (lactones) is 1. The first-order chi connectivity index (χ1) is 16.5. The summed E-state index contributed by atoms with van der Waals surface area (Å²) in [5.41, 5.74) is -0.760. The summed E-state index contributed by atoms with van der Waals surface area (Å²) in [6, 6.07) is -2.62. The average Bonchev–Trinajstić information content (AvgIpc) is 3.27. The number of esters is 1. The molecule has 2 rings (SSSR count). The second kappa shape index (κ2) is 13.1. The third kappa shape index (κ3) is 9.25. The summed E-state index contributed by atoms with van der Waals surface area (Å²) in [4.78, 5) is 64.4. The van der Waals surface area contributed by atoms with Crippen molar-refractivity contribution in [1.29, 1.82) is 0 Å². The molecule has 0 aromatic heterocycles. The summed E-state index contributed by atoms with van der Waals surface area (Å²) in [5, 5.41) is 7.94. The third-order valence-corrected chi connectivity index (χ3v) is 5.69. The van der Waals surface area contributed by atoms with Gasteiger partial charge in [0.1, 0.15) is 23.7 Å². The second-order valence-electron chi connectivity index (χ2n) is 9.67.